The number of nitrogens with zero attached hydrogens (tertiary/aromatic N) is 1. The van der Waals surface area contributed by atoms with E-state index in [0.29, 0.717) is 24.6 Å². The number of hydrogen-bond acceptors (Lipinski definition) is 4. The maximum atomic E-state index is 11.9. The molecule has 1 aliphatic rings. The van der Waals surface area contributed by atoms with Gasteiger partial charge in [0.05, 0.1) is 0 Å². The van der Waals surface area contributed by atoms with Crippen molar-refractivity contribution in [3.8, 4) is 0 Å². The van der Waals surface area contributed by atoms with Gasteiger partial charge in [-0.3, -0.25) is 9.79 Å². The number of rotatable bonds is 10. The van der Waals surface area contributed by atoms with Gasteiger partial charge in [-0.2, -0.15) is 0 Å². The van der Waals surface area contributed by atoms with Crippen LogP contribution in [0.5, 0.6) is 0 Å². The third-order valence-electron chi connectivity index (χ3n) is 4.66. The Balaban J connectivity index is 1.62. The maximum absolute atomic E-state index is 11.9. The number of hydrogen-bond donors (Lipinski definition) is 3. The molecular formula is C21H34N4O3. The molecule has 0 radical (unpaired) electrons. The monoisotopic (exact) mass is 390 g/mol. The minimum Gasteiger partial charge on any atom is -0.381 e. The molecular weight excluding hydrogens is 356 g/mol. The molecule has 1 aliphatic heterocycles. The normalized spacial score (nSPS) is 15.3. The van der Waals surface area contributed by atoms with E-state index in [9.17, 15) is 4.79 Å². The van der Waals surface area contributed by atoms with Crippen molar-refractivity contribution >= 4 is 11.9 Å². The van der Waals surface area contributed by atoms with Gasteiger partial charge in [0.2, 0.25) is 0 Å². The number of aliphatic imine (C=N–C) groups is 1. The number of carbonyl (C=O) groups excluding carboxylic acids is 1. The fourth-order valence-electron chi connectivity index (χ4n) is 3.04. The van der Waals surface area contributed by atoms with Crippen molar-refractivity contribution in [3.05, 3.63) is 35.4 Å². The molecule has 0 bridgehead atoms. The molecule has 1 fully saturated rings. The molecule has 1 aromatic carbocycles. The standard InChI is InChI=1S/C21H34N4O3/c1-3-23-20(26)19-7-4-6-18(14-19)15-25-21(22-2)24-10-5-11-28-16-17-8-12-27-13-9-17/h4,6-7,14,17H,3,5,8-13,15-16H2,1-2H3,(H,23,26)(H2,22,24,25). The third-order valence-corrected chi connectivity index (χ3v) is 4.66. The second kappa shape index (κ2) is 13.1. The molecule has 2 rings (SSSR count). The first-order chi connectivity index (χ1) is 13.7. The van der Waals surface area contributed by atoms with E-state index in [1.54, 1.807) is 7.05 Å². The second-order valence-corrected chi connectivity index (χ2v) is 6.90. The Labute approximate surface area is 168 Å². The van der Waals surface area contributed by atoms with Gasteiger partial charge in [0.1, 0.15) is 0 Å². The fourth-order valence-corrected chi connectivity index (χ4v) is 3.04. The molecule has 0 spiro atoms. The lowest BCUT2D eigenvalue weighted by Crippen LogP contribution is -2.37. The summed E-state index contributed by atoms with van der Waals surface area (Å²) >= 11 is 0. The summed E-state index contributed by atoms with van der Waals surface area (Å²) in [5.41, 5.74) is 1.71. The van der Waals surface area contributed by atoms with Gasteiger partial charge in [-0.05, 0) is 49.8 Å². The average Bonchev–Trinajstić information content (AvgIpc) is 2.74. The van der Waals surface area contributed by atoms with Crippen LogP contribution in [0.2, 0.25) is 0 Å². The van der Waals surface area contributed by atoms with Crippen molar-refractivity contribution in [2.24, 2.45) is 10.9 Å². The number of amides is 1. The Hall–Kier alpha value is -2.12. The summed E-state index contributed by atoms with van der Waals surface area (Å²) in [5.74, 6) is 1.34. The van der Waals surface area contributed by atoms with Crippen LogP contribution in [-0.4, -0.2) is 58.4 Å². The van der Waals surface area contributed by atoms with Crippen LogP contribution in [0.15, 0.2) is 29.3 Å². The van der Waals surface area contributed by atoms with Gasteiger partial charge in [0, 0.05) is 58.7 Å². The van der Waals surface area contributed by atoms with Crippen molar-refractivity contribution < 1.29 is 14.3 Å². The van der Waals surface area contributed by atoms with Crippen LogP contribution in [0.4, 0.5) is 0 Å². The Morgan fingerprint density at radius 1 is 1.25 bits per heavy atom. The first-order valence-electron chi connectivity index (χ1n) is 10.2. The molecule has 0 aliphatic carbocycles. The van der Waals surface area contributed by atoms with Crippen LogP contribution in [0.1, 0.15) is 42.1 Å². The van der Waals surface area contributed by atoms with E-state index in [-0.39, 0.29) is 5.91 Å². The van der Waals surface area contributed by atoms with Gasteiger partial charge < -0.3 is 25.4 Å². The third kappa shape index (κ3) is 8.27. The van der Waals surface area contributed by atoms with Gasteiger partial charge in [-0.25, -0.2) is 0 Å². The van der Waals surface area contributed by atoms with E-state index in [4.69, 9.17) is 9.47 Å². The van der Waals surface area contributed by atoms with Gasteiger partial charge in [-0.1, -0.05) is 12.1 Å². The van der Waals surface area contributed by atoms with Crippen molar-refractivity contribution in [2.75, 3.05) is 46.6 Å². The SMILES string of the molecule is CCNC(=O)c1cccc(CNC(=NC)NCCCOCC2CCOCC2)c1. The van der Waals surface area contributed by atoms with E-state index in [1.165, 1.54) is 0 Å². The Bertz CT molecular complexity index is 615. The van der Waals surface area contributed by atoms with Crippen LogP contribution < -0.4 is 16.0 Å². The highest BCUT2D eigenvalue weighted by atomic mass is 16.5. The van der Waals surface area contributed by atoms with Crippen molar-refractivity contribution in [1.82, 2.24) is 16.0 Å². The summed E-state index contributed by atoms with van der Waals surface area (Å²) in [7, 11) is 1.75. The molecule has 1 saturated heterocycles. The van der Waals surface area contributed by atoms with Crippen molar-refractivity contribution in [2.45, 2.75) is 32.7 Å². The maximum Gasteiger partial charge on any atom is 0.251 e. The van der Waals surface area contributed by atoms with Crippen molar-refractivity contribution in [3.63, 3.8) is 0 Å². The molecule has 28 heavy (non-hydrogen) atoms. The predicted octanol–water partition coefficient (Wildman–Crippen LogP) is 1.93. The van der Waals surface area contributed by atoms with E-state index < -0.39 is 0 Å². The molecule has 7 heteroatoms. The van der Waals surface area contributed by atoms with Crippen LogP contribution in [-0.2, 0) is 16.0 Å². The van der Waals surface area contributed by atoms with Gasteiger partial charge in [0.25, 0.3) is 5.91 Å². The fraction of sp³-hybridized carbons (Fsp3) is 0.619. The largest absolute Gasteiger partial charge is 0.381 e. The van der Waals surface area contributed by atoms with Crippen LogP contribution >= 0.6 is 0 Å². The van der Waals surface area contributed by atoms with E-state index >= 15 is 0 Å². The highest BCUT2D eigenvalue weighted by Crippen LogP contribution is 2.14. The zero-order chi connectivity index (χ0) is 20.0. The first-order valence-corrected chi connectivity index (χ1v) is 10.2. The molecule has 0 saturated carbocycles. The van der Waals surface area contributed by atoms with Gasteiger partial charge in [-0.15, -0.1) is 0 Å². The summed E-state index contributed by atoms with van der Waals surface area (Å²) in [6.45, 7) is 7.24. The number of ether oxygens (including phenoxy) is 2. The minimum atomic E-state index is -0.0485. The number of nitrogens with one attached hydrogen (secondary N) is 3. The molecule has 0 unspecified atom stereocenters. The van der Waals surface area contributed by atoms with Crippen molar-refractivity contribution in [1.29, 1.82) is 0 Å². The van der Waals surface area contributed by atoms with Crippen LogP contribution in [0.25, 0.3) is 0 Å². The average molecular weight is 391 g/mol. The lowest BCUT2D eigenvalue weighted by Gasteiger charge is -2.21. The quantitative estimate of drug-likeness (QED) is 0.323. The summed E-state index contributed by atoms with van der Waals surface area (Å²) in [6, 6.07) is 7.61. The minimum absolute atomic E-state index is 0.0485. The van der Waals surface area contributed by atoms with Crippen LogP contribution in [0.3, 0.4) is 0 Å². The molecule has 0 aromatic heterocycles. The summed E-state index contributed by atoms with van der Waals surface area (Å²) in [6.07, 6.45) is 3.14. The van der Waals surface area contributed by atoms with E-state index in [2.05, 4.69) is 20.9 Å². The Morgan fingerprint density at radius 3 is 2.82 bits per heavy atom. The smallest absolute Gasteiger partial charge is 0.251 e. The van der Waals surface area contributed by atoms with E-state index in [0.717, 1.165) is 63.8 Å². The number of carbonyl (C=O) groups is 1. The number of benzene rings is 1. The van der Waals surface area contributed by atoms with Crippen LogP contribution in [0, 0.1) is 5.92 Å². The highest BCUT2D eigenvalue weighted by Gasteiger charge is 2.13. The molecule has 1 aromatic rings. The van der Waals surface area contributed by atoms with E-state index in [1.807, 2.05) is 31.2 Å². The highest BCUT2D eigenvalue weighted by molar-refractivity contribution is 5.94. The lowest BCUT2D eigenvalue weighted by molar-refractivity contribution is 0.0203. The van der Waals surface area contributed by atoms with Gasteiger partial charge >= 0.3 is 0 Å². The molecule has 1 heterocycles. The molecule has 1 amide bonds. The molecule has 7 nitrogen and oxygen atoms in total. The summed E-state index contributed by atoms with van der Waals surface area (Å²) in [5, 5.41) is 9.39. The topological polar surface area (TPSA) is 84.0 Å². The Kier molecular flexibility index (Phi) is 10.4. The molecule has 156 valence electrons. The molecule has 0 atom stereocenters. The Morgan fingerprint density at radius 2 is 2.07 bits per heavy atom. The zero-order valence-corrected chi connectivity index (χ0v) is 17.1. The summed E-state index contributed by atoms with van der Waals surface area (Å²) in [4.78, 5) is 16.2. The molecule has 3 N–H and O–H groups in total. The zero-order valence-electron chi connectivity index (χ0n) is 17.1. The lowest BCUT2D eigenvalue weighted by atomic mass is 10.0. The number of guanidine groups is 1. The summed E-state index contributed by atoms with van der Waals surface area (Å²) < 4.78 is 11.1. The van der Waals surface area contributed by atoms with Gasteiger partial charge in [0.15, 0.2) is 5.96 Å². The second-order valence-electron chi connectivity index (χ2n) is 6.90. The predicted molar refractivity (Wildman–Crippen MR) is 112 cm³/mol. The first kappa shape index (κ1) is 22.2.